The number of nitrogens with two attached hydrogens (primary N) is 1. The summed E-state index contributed by atoms with van der Waals surface area (Å²) in [6.07, 6.45) is 3.74. The van der Waals surface area contributed by atoms with E-state index < -0.39 is 0 Å². The minimum absolute atomic E-state index is 0.172. The second-order valence-electron chi connectivity index (χ2n) is 5.44. The van der Waals surface area contributed by atoms with Crippen molar-refractivity contribution in [2.45, 2.75) is 19.3 Å². The molecule has 1 amide bonds. The highest BCUT2D eigenvalue weighted by Crippen LogP contribution is 2.57. The zero-order valence-corrected chi connectivity index (χ0v) is 11.0. The molecule has 2 atom stereocenters. The summed E-state index contributed by atoms with van der Waals surface area (Å²) >= 11 is 0. The summed E-state index contributed by atoms with van der Waals surface area (Å²) in [6, 6.07) is 7.50. The summed E-state index contributed by atoms with van der Waals surface area (Å²) in [5.74, 6) is 2.47. The van der Waals surface area contributed by atoms with E-state index >= 15 is 0 Å². The van der Waals surface area contributed by atoms with Gasteiger partial charge in [0.1, 0.15) is 12.4 Å². The van der Waals surface area contributed by atoms with E-state index in [-0.39, 0.29) is 11.8 Å². The van der Waals surface area contributed by atoms with E-state index in [1.54, 1.807) is 0 Å². The van der Waals surface area contributed by atoms with Gasteiger partial charge in [-0.2, -0.15) is 0 Å². The van der Waals surface area contributed by atoms with E-state index in [4.69, 9.17) is 10.5 Å². The van der Waals surface area contributed by atoms with Crippen LogP contribution in [0.25, 0.3) is 0 Å². The van der Waals surface area contributed by atoms with E-state index in [0.29, 0.717) is 25.0 Å². The molecule has 0 spiro atoms. The van der Waals surface area contributed by atoms with Gasteiger partial charge in [0.25, 0.3) is 0 Å². The molecule has 2 fully saturated rings. The average molecular weight is 260 g/mol. The zero-order chi connectivity index (χ0) is 13.2. The van der Waals surface area contributed by atoms with Gasteiger partial charge in [0.2, 0.25) is 5.91 Å². The van der Waals surface area contributed by atoms with E-state index in [2.05, 4.69) is 5.32 Å². The van der Waals surface area contributed by atoms with Gasteiger partial charge in [-0.25, -0.2) is 0 Å². The first-order chi connectivity index (χ1) is 9.29. The smallest absolute Gasteiger partial charge is 0.228 e. The van der Waals surface area contributed by atoms with Crippen LogP contribution in [0.5, 0.6) is 5.75 Å². The lowest BCUT2D eigenvalue weighted by molar-refractivity contribution is -0.118. The fourth-order valence-corrected chi connectivity index (χ4v) is 3.28. The molecule has 102 valence electrons. The number of ether oxygens (including phenoxy) is 1. The van der Waals surface area contributed by atoms with E-state index in [9.17, 15) is 4.79 Å². The molecule has 4 heteroatoms. The Bertz CT molecular complexity index is 465. The fourth-order valence-electron chi connectivity index (χ4n) is 3.28. The first kappa shape index (κ1) is 12.5. The topological polar surface area (TPSA) is 64.3 Å². The lowest BCUT2D eigenvalue weighted by Crippen LogP contribution is -2.16. The lowest BCUT2D eigenvalue weighted by atomic mass is 10.1. The third kappa shape index (κ3) is 2.59. The van der Waals surface area contributed by atoms with Gasteiger partial charge in [0.15, 0.2) is 0 Å². The van der Waals surface area contributed by atoms with Crippen molar-refractivity contribution in [1.82, 2.24) is 0 Å². The zero-order valence-electron chi connectivity index (χ0n) is 11.0. The number of fused-ring (bicyclic) bond motifs is 1. The monoisotopic (exact) mass is 260 g/mol. The van der Waals surface area contributed by atoms with Gasteiger partial charge in [-0.15, -0.1) is 0 Å². The van der Waals surface area contributed by atoms with Gasteiger partial charge in [0.05, 0.1) is 0 Å². The van der Waals surface area contributed by atoms with Crippen LogP contribution in [0.3, 0.4) is 0 Å². The Morgan fingerprint density at radius 2 is 2.16 bits per heavy atom. The molecule has 0 radical (unpaired) electrons. The highest BCUT2D eigenvalue weighted by Gasteiger charge is 2.56. The number of amides is 1. The van der Waals surface area contributed by atoms with Crippen molar-refractivity contribution in [3.05, 3.63) is 24.3 Å². The molecule has 2 unspecified atom stereocenters. The molecule has 1 aromatic rings. The Kier molecular flexibility index (Phi) is 3.42. The minimum Gasteiger partial charge on any atom is -0.492 e. The highest BCUT2D eigenvalue weighted by molar-refractivity contribution is 5.95. The summed E-state index contributed by atoms with van der Waals surface area (Å²) in [7, 11) is 0. The predicted molar refractivity (Wildman–Crippen MR) is 73.9 cm³/mol. The molecule has 3 rings (SSSR count). The number of carbonyl (C=O) groups excluding carboxylic acids is 1. The predicted octanol–water partition coefficient (Wildman–Crippen LogP) is 2.01. The van der Waals surface area contributed by atoms with E-state index in [1.807, 2.05) is 24.3 Å². The fraction of sp³-hybridized carbons (Fsp3) is 0.533. The molecule has 2 aliphatic carbocycles. The van der Waals surface area contributed by atoms with Crippen LogP contribution in [0.1, 0.15) is 19.3 Å². The van der Waals surface area contributed by atoms with Crippen LogP contribution in [0.15, 0.2) is 24.3 Å². The second kappa shape index (κ2) is 5.21. The van der Waals surface area contributed by atoms with Crippen LogP contribution < -0.4 is 15.8 Å². The Hall–Kier alpha value is -1.55. The van der Waals surface area contributed by atoms with Crippen LogP contribution in [0, 0.1) is 17.8 Å². The standard InChI is InChI=1S/C15H20N2O2/c16-7-8-19-11-4-1-3-10(9-11)17-15(18)14-12-5-2-6-13(12)14/h1,3-4,9,12-14H,2,5-8,16H2,(H,17,18). The van der Waals surface area contributed by atoms with Gasteiger partial charge in [-0.05, 0) is 36.8 Å². The van der Waals surface area contributed by atoms with Crippen LogP contribution in [0.4, 0.5) is 5.69 Å². The van der Waals surface area contributed by atoms with Gasteiger partial charge in [-0.3, -0.25) is 4.79 Å². The van der Waals surface area contributed by atoms with E-state index in [0.717, 1.165) is 11.4 Å². The van der Waals surface area contributed by atoms with Crippen molar-refractivity contribution in [3.63, 3.8) is 0 Å². The highest BCUT2D eigenvalue weighted by atomic mass is 16.5. The number of anilines is 1. The van der Waals surface area contributed by atoms with Crippen molar-refractivity contribution in [1.29, 1.82) is 0 Å². The second-order valence-corrected chi connectivity index (χ2v) is 5.44. The lowest BCUT2D eigenvalue weighted by Gasteiger charge is -2.09. The molecule has 19 heavy (non-hydrogen) atoms. The minimum atomic E-state index is 0.172. The molecule has 0 saturated heterocycles. The quantitative estimate of drug-likeness (QED) is 0.851. The molecule has 1 aromatic carbocycles. The molecule has 2 saturated carbocycles. The Labute approximate surface area is 113 Å². The summed E-state index contributed by atoms with van der Waals surface area (Å²) < 4.78 is 5.45. The van der Waals surface area contributed by atoms with Crippen LogP contribution in [-0.4, -0.2) is 19.1 Å². The molecular formula is C15H20N2O2. The summed E-state index contributed by atoms with van der Waals surface area (Å²) in [4.78, 5) is 12.1. The molecule has 0 aliphatic heterocycles. The molecule has 0 aromatic heterocycles. The molecule has 2 aliphatic rings. The van der Waals surface area contributed by atoms with Crippen molar-refractivity contribution >= 4 is 11.6 Å². The third-order valence-electron chi connectivity index (χ3n) is 4.20. The maximum absolute atomic E-state index is 12.1. The largest absolute Gasteiger partial charge is 0.492 e. The number of carbonyl (C=O) groups is 1. The van der Waals surface area contributed by atoms with E-state index in [1.165, 1.54) is 19.3 Å². The van der Waals surface area contributed by atoms with Crippen molar-refractivity contribution < 1.29 is 9.53 Å². The van der Waals surface area contributed by atoms with Crippen LogP contribution in [0.2, 0.25) is 0 Å². The van der Waals surface area contributed by atoms with Gasteiger partial charge in [0, 0.05) is 24.2 Å². The van der Waals surface area contributed by atoms with Gasteiger partial charge < -0.3 is 15.8 Å². The first-order valence-electron chi connectivity index (χ1n) is 7.03. The normalized spacial score (nSPS) is 27.7. The number of nitrogens with one attached hydrogen (secondary N) is 1. The number of hydrogen-bond acceptors (Lipinski definition) is 3. The maximum Gasteiger partial charge on any atom is 0.228 e. The molecule has 0 heterocycles. The Morgan fingerprint density at radius 3 is 2.89 bits per heavy atom. The van der Waals surface area contributed by atoms with Crippen molar-refractivity contribution in [3.8, 4) is 5.75 Å². The van der Waals surface area contributed by atoms with Crippen LogP contribution >= 0.6 is 0 Å². The van der Waals surface area contributed by atoms with Crippen LogP contribution in [-0.2, 0) is 4.79 Å². The van der Waals surface area contributed by atoms with Crippen molar-refractivity contribution in [2.75, 3.05) is 18.5 Å². The summed E-state index contributed by atoms with van der Waals surface area (Å²) in [5, 5.41) is 3.00. The summed E-state index contributed by atoms with van der Waals surface area (Å²) in [5.41, 5.74) is 6.21. The number of benzene rings is 1. The summed E-state index contributed by atoms with van der Waals surface area (Å²) in [6.45, 7) is 0.978. The average Bonchev–Trinajstić information content (AvgIpc) is 2.91. The van der Waals surface area contributed by atoms with Gasteiger partial charge >= 0.3 is 0 Å². The molecule has 3 N–H and O–H groups in total. The third-order valence-corrected chi connectivity index (χ3v) is 4.20. The Morgan fingerprint density at radius 1 is 1.37 bits per heavy atom. The SMILES string of the molecule is NCCOc1cccc(NC(=O)C2C3CCCC32)c1. The molecule has 4 nitrogen and oxygen atoms in total. The van der Waals surface area contributed by atoms with Crippen molar-refractivity contribution in [2.24, 2.45) is 23.5 Å². The molecule has 0 bridgehead atoms. The first-order valence-corrected chi connectivity index (χ1v) is 7.03. The Balaban J connectivity index is 1.58. The van der Waals surface area contributed by atoms with Gasteiger partial charge in [-0.1, -0.05) is 12.5 Å². The number of hydrogen-bond donors (Lipinski definition) is 2. The number of rotatable bonds is 5. The molecular weight excluding hydrogens is 240 g/mol. The maximum atomic E-state index is 12.1.